The molecule has 5 nitrogen and oxygen atoms in total. The Morgan fingerprint density at radius 2 is 2.04 bits per heavy atom. The smallest absolute Gasteiger partial charge is 0.225 e. The van der Waals surface area contributed by atoms with Crippen molar-refractivity contribution in [2.75, 3.05) is 12.4 Å². The summed E-state index contributed by atoms with van der Waals surface area (Å²) < 4.78 is 0. The molecule has 0 radical (unpaired) electrons. The molecule has 0 aliphatic heterocycles. The summed E-state index contributed by atoms with van der Waals surface area (Å²) >= 11 is 1.48. The second-order valence-corrected chi connectivity index (χ2v) is 7.54. The first-order valence-corrected chi connectivity index (χ1v) is 9.29. The van der Waals surface area contributed by atoms with Gasteiger partial charge in [0.1, 0.15) is 5.82 Å². The fourth-order valence-electron chi connectivity index (χ4n) is 3.33. The van der Waals surface area contributed by atoms with Gasteiger partial charge in [0.25, 0.3) is 0 Å². The van der Waals surface area contributed by atoms with Gasteiger partial charge in [-0.25, -0.2) is 9.97 Å². The van der Waals surface area contributed by atoms with Crippen molar-refractivity contribution in [3.63, 3.8) is 0 Å². The average Bonchev–Trinajstić information content (AvgIpc) is 3.22. The number of aromatic nitrogens is 2. The third-order valence-corrected chi connectivity index (χ3v) is 5.54. The number of rotatable bonds is 4. The van der Waals surface area contributed by atoms with Crippen molar-refractivity contribution < 1.29 is 4.79 Å². The van der Waals surface area contributed by atoms with Gasteiger partial charge in [-0.2, -0.15) is 0 Å². The number of fused-ring (bicyclic) bond motifs is 2. The minimum atomic E-state index is -0.0104. The number of nitrogens with zero attached hydrogens (tertiary/aromatic N) is 2. The van der Waals surface area contributed by atoms with Crippen LogP contribution in [0.1, 0.15) is 28.0 Å². The second kappa shape index (κ2) is 6.44. The first-order valence-electron chi connectivity index (χ1n) is 8.48. The summed E-state index contributed by atoms with van der Waals surface area (Å²) in [6.45, 7) is 2.12. The summed E-state index contributed by atoms with van der Waals surface area (Å²) in [6.07, 6.45) is 5.66. The fourth-order valence-corrected chi connectivity index (χ4v) is 4.15. The zero-order chi connectivity index (χ0) is 17.4. The first-order chi connectivity index (χ1) is 12.1. The number of likely N-dealkylation sites (N-methyl/N-ethyl adjacent to an activating group) is 1. The lowest BCUT2D eigenvalue weighted by Gasteiger charge is -2.09. The normalized spacial score (nSPS) is 13.0. The third kappa shape index (κ3) is 3.22. The van der Waals surface area contributed by atoms with Crippen LogP contribution in [0.5, 0.6) is 0 Å². The number of hydrogen-bond donors (Lipinski definition) is 2. The van der Waals surface area contributed by atoms with Crippen LogP contribution >= 0.6 is 11.3 Å². The predicted molar refractivity (Wildman–Crippen MR) is 102 cm³/mol. The molecule has 4 rings (SSSR count). The average molecular weight is 352 g/mol. The number of thiazole rings is 1. The standard InChI is InChI=1S/C19H20N4OS/c1-11-6-17(23-19-21-10-14(25-19)9-18(24)20-2)22-16-8-13-5-3-4-12(13)7-15(11)16/h6-8,10H,3-5,9H2,1-2H3,(H,20,24)(H,21,22,23). The van der Waals surface area contributed by atoms with Crippen LogP contribution in [0.2, 0.25) is 0 Å². The van der Waals surface area contributed by atoms with Crippen LogP contribution in [-0.4, -0.2) is 22.9 Å². The molecule has 6 heteroatoms. The molecule has 0 fully saturated rings. The quantitative estimate of drug-likeness (QED) is 0.754. The molecule has 0 unspecified atom stereocenters. The van der Waals surface area contributed by atoms with Gasteiger partial charge in [-0.3, -0.25) is 4.79 Å². The molecule has 0 atom stereocenters. The largest absolute Gasteiger partial charge is 0.359 e. The van der Waals surface area contributed by atoms with E-state index in [1.54, 1.807) is 13.2 Å². The number of carbonyl (C=O) groups is 1. The molecule has 2 aromatic heterocycles. The van der Waals surface area contributed by atoms with Crippen molar-refractivity contribution >= 4 is 39.1 Å². The molecule has 1 amide bonds. The zero-order valence-electron chi connectivity index (χ0n) is 14.3. The van der Waals surface area contributed by atoms with E-state index in [9.17, 15) is 4.79 Å². The number of pyridine rings is 1. The number of nitrogens with one attached hydrogen (secondary N) is 2. The maximum Gasteiger partial charge on any atom is 0.225 e. The highest BCUT2D eigenvalue weighted by Gasteiger charge is 2.14. The molecular weight excluding hydrogens is 332 g/mol. The highest BCUT2D eigenvalue weighted by atomic mass is 32.1. The molecule has 0 saturated carbocycles. The Labute approximate surface area is 150 Å². The molecular formula is C19H20N4OS. The molecule has 1 aromatic carbocycles. The lowest BCUT2D eigenvalue weighted by Crippen LogP contribution is -2.19. The van der Waals surface area contributed by atoms with Crippen molar-refractivity contribution in [1.29, 1.82) is 0 Å². The minimum absolute atomic E-state index is 0.0104. The fraction of sp³-hybridized carbons (Fsp3) is 0.316. The Balaban J connectivity index is 1.61. The van der Waals surface area contributed by atoms with Gasteiger partial charge in [0.05, 0.1) is 11.9 Å². The van der Waals surface area contributed by atoms with Crippen molar-refractivity contribution in [1.82, 2.24) is 15.3 Å². The summed E-state index contributed by atoms with van der Waals surface area (Å²) in [5.74, 6) is 0.785. The van der Waals surface area contributed by atoms with E-state index in [0.717, 1.165) is 27.8 Å². The molecule has 2 heterocycles. The molecule has 0 saturated heterocycles. The van der Waals surface area contributed by atoms with E-state index in [4.69, 9.17) is 4.98 Å². The van der Waals surface area contributed by atoms with Crippen molar-refractivity contribution in [2.24, 2.45) is 0 Å². The Morgan fingerprint density at radius 1 is 1.24 bits per heavy atom. The van der Waals surface area contributed by atoms with E-state index in [2.05, 4.69) is 40.7 Å². The number of carbonyl (C=O) groups excluding carboxylic acids is 1. The van der Waals surface area contributed by atoms with E-state index < -0.39 is 0 Å². The van der Waals surface area contributed by atoms with E-state index in [1.165, 1.54) is 46.3 Å². The molecule has 1 aliphatic rings. The summed E-state index contributed by atoms with van der Waals surface area (Å²) in [5, 5.41) is 7.89. The number of anilines is 2. The van der Waals surface area contributed by atoms with Crippen LogP contribution in [0.15, 0.2) is 24.4 Å². The highest BCUT2D eigenvalue weighted by molar-refractivity contribution is 7.15. The van der Waals surface area contributed by atoms with Crippen LogP contribution in [0.3, 0.4) is 0 Å². The van der Waals surface area contributed by atoms with Gasteiger partial charge >= 0.3 is 0 Å². The van der Waals surface area contributed by atoms with Gasteiger partial charge in [-0.1, -0.05) is 0 Å². The van der Waals surface area contributed by atoms with Gasteiger partial charge in [-0.15, -0.1) is 11.3 Å². The Bertz CT molecular complexity index is 963. The summed E-state index contributed by atoms with van der Waals surface area (Å²) in [4.78, 5) is 21.5. The van der Waals surface area contributed by atoms with Gasteiger partial charge in [-0.05, 0) is 61.1 Å². The molecule has 3 aromatic rings. The Hall–Kier alpha value is -2.47. The molecule has 25 heavy (non-hydrogen) atoms. The SMILES string of the molecule is CNC(=O)Cc1cnc(Nc2cc(C)c3cc4c(cc3n2)CCC4)s1. The minimum Gasteiger partial charge on any atom is -0.359 e. The lowest BCUT2D eigenvalue weighted by molar-refractivity contribution is -0.119. The summed E-state index contributed by atoms with van der Waals surface area (Å²) in [7, 11) is 1.64. The number of aryl methyl sites for hydroxylation is 3. The van der Waals surface area contributed by atoms with Crippen LogP contribution in [0.4, 0.5) is 10.9 Å². The molecule has 0 spiro atoms. The molecule has 128 valence electrons. The van der Waals surface area contributed by atoms with Gasteiger partial charge in [0.15, 0.2) is 5.13 Å². The summed E-state index contributed by atoms with van der Waals surface area (Å²) in [5.41, 5.74) is 5.14. The molecule has 1 aliphatic carbocycles. The molecule has 0 bridgehead atoms. The van der Waals surface area contributed by atoms with Crippen molar-refractivity contribution in [3.8, 4) is 0 Å². The highest BCUT2D eigenvalue weighted by Crippen LogP contribution is 2.30. The second-order valence-electron chi connectivity index (χ2n) is 6.42. The lowest BCUT2D eigenvalue weighted by atomic mass is 10.0. The van der Waals surface area contributed by atoms with Crippen LogP contribution in [0, 0.1) is 6.92 Å². The molecule has 2 N–H and O–H groups in total. The topological polar surface area (TPSA) is 66.9 Å². The van der Waals surface area contributed by atoms with E-state index >= 15 is 0 Å². The number of hydrogen-bond acceptors (Lipinski definition) is 5. The maximum atomic E-state index is 11.5. The van der Waals surface area contributed by atoms with Crippen LogP contribution in [-0.2, 0) is 24.1 Å². The third-order valence-electron chi connectivity index (χ3n) is 4.63. The van der Waals surface area contributed by atoms with Crippen LogP contribution < -0.4 is 10.6 Å². The Morgan fingerprint density at radius 3 is 2.84 bits per heavy atom. The van der Waals surface area contributed by atoms with E-state index in [-0.39, 0.29) is 5.91 Å². The zero-order valence-corrected chi connectivity index (χ0v) is 15.2. The van der Waals surface area contributed by atoms with Crippen molar-refractivity contribution in [3.05, 3.63) is 46.0 Å². The van der Waals surface area contributed by atoms with Crippen LogP contribution in [0.25, 0.3) is 10.9 Å². The monoisotopic (exact) mass is 352 g/mol. The summed E-state index contributed by atoms with van der Waals surface area (Å²) in [6, 6.07) is 6.59. The van der Waals surface area contributed by atoms with Crippen molar-refractivity contribution in [2.45, 2.75) is 32.6 Å². The van der Waals surface area contributed by atoms with E-state index in [0.29, 0.717) is 6.42 Å². The van der Waals surface area contributed by atoms with Gasteiger partial charge in [0.2, 0.25) is 5.91 Å². The maximum absolute atomic E-state index is 11.5. The first kappa shape index (κ1) is 16.0. The Kier molecular flexibility index (Phi) is 4.13. The predicted octanol–water partition coefficient (Wildman–Crippen LogP) is 3.52. The van der Waals surface area contributed by atoms with E-state index in [1.807, 2.05) is 0 Å². The van der Waals surface area contributed by atoms with Gasteiger partial charge in [0, 0.05) is 23.5 Å². The van der Waals surface area contributed by atoms with Gasteiger partial charge < -0.3 is 10.6 Å². The number of amides is 1. The number of benzene rings is 1.